The van der Waals surface area contributed by atoms with Gasteiger partial charge in [-0.2, -0.15) is 10.2 Å². The molecule has 1 saturated carbocycles. The molecule has 0 radical (unpaired) electrons. The van der Waals surface area contributed by atoms with Crippen molar-refractivity contribution >= 4 is 22.2 Å². The molecule has 0 amide bonds. The van der Waals surface area contributed by atoms with E-state index in [4.69, 9.17) is 30.1 Å². The number of nitriles is 1. The van der Waals surface area contributed by atoms with Crippen molar-refractivity contribution in [3.63, 3.8) is 0 Å². The Balaban J connectivity index is 1.20. The highest BCUT2D eigenvalue weighted by Crippen LogP contribution is 2.55. The molecule has 0 bridgehead atoms. The zero-order chi connectivity index (χ0) is 31.1. The van der Waals surface area contributed by atoms with Gasteiger partial charge in [0.25, 0.3) is 0 Å². The molecule has 0 unspecified atom stereocenters. The van der Waals surface area contributed by atoms with Crippen LogP contribution in [0.4, 0.5) is 15.2 Å². The van der Waals surface area contributed by atoms with Gasteiger partial charge in [-0.15, -0.1) is 11.3 Å². The Kier molecular flexibility index (Phi) is 6.89. The van der Waals surface area contributed by atoms with E-state index in [9.17, 15) is 9.65 Å². The van der Waals surface area contributed by atoms with E-state index in [-0.39, 0.29) is 23.1 Å². The first-order valence-electron chi connectivity index (χ1n) is 16.4. The van der Waals surface area contributed by atoms with Crippen LogP contribution in [0.25, 0.3) is 11.6 Å². The highest BCUT2D eigenvalue weighted by atomic mass is 32.1. The van der Waals surface area contributed by atoms with Crippen LogP contribution in [0.15, 0.2) is 10.6 Å². The summed E-state index contributed by atoms with van der Waals surface area (Å²) in [4.78, 5) is 18.1. The molecule has 2 aliphatic heterocycles. The number of hydrogen-bond donors (Lipinski definition) is 1. The number of likely N-dealkylation sites (tertiary alicyclic amines) is 1. The summed E-state index contributed by atoms with van der Waals surface area (Å²) >= 11 is 1.55. The summed E-state index contributed by atoms with van der Waals surface area (Å²) in [6.07, 6.45) is 7.23. The maximum absolute atomic E-state index is 14.3. The second kappa shape index (κ2) is 10.6. The fourth-order valence-electron chi connectivity index (χ4n) is 8.69. The van der Waals surface area contributed by atoms with Crippen LogP contribution in [0.5, 0.6) is 5.88 Å². The van der Waals surface area contributed by atoms with Gasteiger partial charge in [-0.05, 0) is 84.4 Å². The van der Waals surface area contributed by atoms with Gasteiger partial charge in [-0.3, -0.25) is 9.80 Å². The number of alkyl halides is 1. The Bertz CT molecular complexity index is 1680. The highest BCUT2D eigenvalue weighted by molar-refractivity contribution is 7.16. The molecule has 3 fully saturated rings. The summed E-state index contributed by atoms with van der Waals surface area (Å²) in [7, 11) is 4.17. The summed E-state index contributed by atoms with van der Waals surface area (Å²) in [6.45, 7) is 5.13. The van der Waals surface area contributed by atoms with Crippen LogP contribution in [0, 0.1) is 11.3 Å². The SMILES string of the molecule is C[C@H](Oc1cc(N2CCN(C)C3(CC3)C2)nc(-c2onc3c2CCC[C@@]32CCCc3sc(N)c(C#N)c32)n1)[C@@H]1C[C@@H](F)CN1C. The van der Waals surface area contributed by atoms with Crippen molar-refractivity contribution in [2.24, 2.45) is 0 Å². The minimum atomic E-state index is -0.851. The number of nitrogens with two attached hydrogens (primary N) is 1. The van der Waals surface area contributed by atoms with Gasteiger partial charge in [0.05, 0.1) is 11.3 Å². The third kappa shape index (κ3) is 4.64. The minimum Gasteiger partial charge on any atom is -0.473 e. The Hall–Kier alpha value is -3.27. The van der Waals surface area contributed by atoms with Crippen LogP contribution in [0.1, 0.15) is 79.1 Å². The van der Waals surface area contributed by atoms with Crippen LogP contribution >= 0.6 is 11.3 Å². The van der Waals surface area contributed by atoms with E-state index in [0.29, 0.717) is 41.0 Å². The first-order valence-corrected chi connectivity index (χ1v) is 17.2. The molecule has 2 saturated heterocycles. The minimum absolute atomic E-state index is 0.0361. The van der Waals surface area contributed by atoms with Gasteiger partial charge >= 0.3 is 0 Å². The van der Waals surface area contributed by atoms with E-state index in [1.165, 1.54) is 17.7 Å². The van der Waals surface area contributed by atoms with E-state index in [1.54, 1.807) is 11.3 Å². The van der Waals surface area contributed by atoms with Gasteiger partial charge in [0.15, 0.2) is 0 Å². The number of aryl methyl sites for hydroxylation is 1. The quantitative estimate of drug-likeness (QED) is 0.424. The van der Waals surface area contributed by atoms with Gasteiger partial charge in [0.1, 0.15) is 29.2 Å². The molecule has 2 spiro atoms. The number of anilines is 2. The van der Waals surface area contributed by atoms with Crippen LogP contribution in [-0.2, 0) is 18.3 Å². The number of aromatic nitrogens is 3. The van der Waals surface area contributed by atoms with Crippen LogP contribution in [0.2, 0.25) is 0 Å². The van der Waals surface area contributed by atoms with Crippen molar-refractivity contribution in [3.05, 3.63) is 33.3 Å². The fraction of sp³-hybridized carbons (Fsp3) is 0.636. The molecule has 5 aliphatic rings. The third-order valence-electron chi connectivity index (χ3n) is 11.3. The lowest BCUT2D eigenvalue weighted by atomic mass is 9.62. The van der Waals surface area contributed by atoms with Crippen LogP contribution in [-0.4, -0.2) is 89.1 Å². The number of nitrogen functional groups attached to an aromatic ring is 1. The van der Waals surface area contributed by atoms with E-state index < -0.39 is 6.17 Å². The highest BCUT2D eigenvalue weighted by Gasteiger charge is 2.50. The average Bonchev–Trinajstić information content (AvgIpc) is 3.32. The third-order valence-corrected chi connectivity index (χ3v) is 12.4. The average molecular weight is 633 g/mol. The van der Waals surface area contributed by atoms with E-state index in [0.717, 1.165) is 80.8 Å². The molecule has 238 valence electrons. The first-order chi connectivity index (χ1) is 21.7. The normalized spacial score (nSPS) is 28.2. The summed E-state index contributed by atoms with van der Waals surface area (Å²) in [6, 6.07) is 4.31. The predicted molar refractivity (Wildman–Crippen MR) is 170 cm³/mol. The molecule has 45 heavy (non-hydrogen) atoms. The summed E-state index contributed by atoms with van der Waals surface area (Å²) in [5.74, 6) is 2.33. The first kappa shape index (κ1) is 29.2. The zero-order valence-corrected chi connectivity index (χ0v) is 27.1. The van der Waals surface area contributed by atoms with Crippen LogP contribution in [0.3, 0.4) is 0 Å². The molecular weight excluding hydrogens is 591 g/mol. The Morgan fingerprint density at radius 2 is 1.98 bits per heavy atom. The Labute approximate surface area is 267 Å². The second-order valence-electron chi connectivity index (χ2n) is 14.0. The van der Waals surface area contributed by atoms with Gasteiger partial charge in [0.2, 0.25) is 17.5 Å². The largest absolute Gasteiger partial charge is 0.473 e. The number of ether oxygens (including phenoxy) is 1. The monoisotopic (exact) mass is 632 g/mol. The van der Waals surface area contributed by atoms with Crippen molar-refractivity contribution in [1.29, 1.82) is 5.26 Å². The molecule has 8 rings (SSSR count). The lowest BCUT2D eigenvalue weighted by Gasteiger charge is -2.40. The fourth-order valence-corrected chi connectivity index (χ4v) is 9.86. The van der Waals surface area contributed by atoms with E-state index in [2.05, 4.69) is 22.9 Å². The number of piperazine rings is 1. The van der Waals surface area contributed by atoms with E-state index in [1.807, 2.05) is 24.9 Å². The maximum Gasteiger partial charge on any atom is 0.219 e. The summed E-state index contributed by atoms with van der Waals surface area (Å²) < 4.78 is 27.0. The topological polar surface area (TPSA) is 121 Å². The Morgan fingerprint density at radius 3 is 2.71 bits per heavy atom. The Morgan fingerprint density at radius 1 is 1.18 bits per heavy atom. The van der Waals surface area contributed by atoms with Crippen molar-refractivity contribution in [2.75, 3.05) is 50.9 Å². The molecule has 0 aromatic carbocycles. The number of fused-ring (bicyclic) bond motifs is 4. The molecule has 3 aliphatic carbocycles. The van der Waals surface area contributed by atoms with E-state index >= 15 is 0 Å². The number of hydrogen-bond acceptors (Lipinski definition) is 11. The molecule has 12 heteroatoms. The van der Waals surface area contributed by atoms with Crippen molar-refractivity contribution in [1.82, 2.24) is 24.9 Å². The molecule has 3 aromatic heterocycles. The molecule has 10 nitrogen and oxygen atoms in total. The number of likely N-dealkylation sites (N-methyl/N-ethyl adjacent to an activating group) is 2. The maximum atomic E-state index is 14.3. The lowest BCUT2D eigenvalue weighted by Crippen LogP contribution is -2.53. The summed E-state index contributed by atoms with van der Waals surface area (Å²) in [5.41, 5.74) is 9.77. The standard InChI is InChI=1S/C33H41FN8O2S/c1-19(23-14-20(34)17-40(23)2)43-26-15-25(42-13-12-41(3)32(18-42)10-11-32)37-31(38-26)28-21-6-4-8-33(29(21)39-44-28)9-5-7-24-27(33)22(16-35)30(36)45-24/h15,19-20,23H,4-14,17-18,36H2,1-3H3/t19-,20+,23-,33-/m0/s1. The smallest absolute Gasteiger partial charge is 0.219 e. The van der Waals surface area contributed by atoms with Gasteiger partial charge in [0, 0.05) is 59.7 Å². The predicted octanol–water partition coefficient (Wildman–Crippen LogP) is 4.70. The van der Waals surface area contributed by atoms with Crippen molar-refractivity contribution in [3.8, 4) is 23.5 Å². The van der Waals surface area contributed by atoms with Crippen molar-refractivity contribution in [2.45, 2.75) is 94.0 Å². The second-order valence-corrected chi connectivity index (χ2v) is 15.1. The number of halogens is 1. The lowest BCUT2D eigenvalue weighted by molar-refractivity contribution is 0.117. The van der Waals surface area contributed by atoms with Gasteiger partial charge in [-0.25, -0.2) is 9.37 Å². The molecule has 4 atom stereocenters. The van der Waals surface area contributed by atoms with Gasteiger partial charge < -0.3 is 19.9 Å². The number of rotatable bonds is 5. The zero-order valence-electron chi connectivity index (χ0n) is 26.3. The van der Waals surface area contributed by atoms with Crippen LogP contribution < -0.4 is 15.4 Å². The molecule has 5 heterocycles. The molecule has 3 aromatic rings. The molecular formula is C33H41FN8O2S. The van der Waals surface area contributed by atoms with Gasteiger partial charge in [-0.1, -0.05) is 5.16 Å². The number of nitrogens with zero attached hydrogens (tertiary/aromatic N) is 7. The number of thiophene rings is 1. The molecule has 2 N–H and O–H groups in total. The van der Waals surface area contributed by atoms with Crippen molar-refractivity contribution < 1.29 is 13.7 Å². The summed E-state index contributed by atoms with van der Waals surface area (Å²) in [5, 5.41) is 15.4.